The van der Waals surface area contributed by atoms with Gasteiger partial charge in [-0.25, -0.2) is 8.42 Å². The number of benzene rings is 2. The van der Waals surface area contributed by atoms with Crippen molar-refractivity contribution in [3.8, 4) is 0 Å². The zero-order valence-corrected chi connectivity index (χ0v) is 21.4. The van der Waals surface area contributed by atoms with E-state index < -0.39 is 9.84 Å². The van der Waals surface area contributed by atoms with Crippen molar-refractivity contribution in [2.24, 2.45) is 4.99 Å². The van der Waals surface area contributed by atoms with E-state index in [1.807, 2.05) is 24.3 Å². The maximum Gasteiger partial charge on any atom is 0.248 e. The summed E-state index contributed by atoms with van der Waals surface area (Å²) >= 11 is 11.9. The fourth-order valence-electron chi connectivity index (χ4n) is 3.27. The van der Waals surface area contributed by atoms with Crippen molar-refractivity contribution in [2.45, 2.75) is 24.4 Å². The fourth-order valence-corrected chi connectivity index (χ4v) is 5.30. The number of carbonyl (C=O) groups is 1. The van der Waals surface area contributed by atoms with E-state index >= 15 is 0 Å². The molecule has 1 unspecified atom stereocenters. The summed E-state index contributed by atoms with van der Waals surface area (Å²) in [5.41, 5.74) is 2.03. The van der Waals surface area contributed by atoms with Crippen molar-refractivity contribution in [2.75, 3.05) is 39.2 Å². The van der Waals surface area contributed by atoms with Gasteiger partial charge in [0, 0.05) is 31.7 Å². The second-order valence-electron chi connectivity index (χ2n) is 8.04. The molecule has 2 N–H and O–H groups in total. The Bertz CT molecular complexity index is 1140. The average molecular weight is 527 g/mol. The Balaban J connectivity index is 1.40. The van der Waals surface area contributed by atoms with Gasteiger partial charge in [-0.1, -0.05) is 53.5 Å². The van der Waals surface area contributed by atoms with Crippen LogP contribution in [0.1, 0.15) is 18.1 Å². The van der Waals surface area contributed by atoms with Crippen LogP contribution < -0.4 is 10.6 Å². The third-order valence-electron chi connectivity index (χ3n) is 5.21. The minimum absolute atomic E-state index is 0.00195. The number of rotatable bonds is 11. The lowest BCUT2D eigenvalue weighted by atomic mass is 10.1. The first-order chi connectivity index (χ1) is 16.2. The Morgan fingerprint density at radius 3 is 2.65 bits per heavy atom. The van der Waals surface area contributed by atoms with E-state index in [0.29, 0.717) is 6.54 Å². The third-order valence-corrected chi connectivity index (χ3v) is 7.70. The molecule has 0 aromatic heterocycles. The molecule has 1 aliphatic rings. The van der Waals surface area contributed by atoms with Crippen molar-refractivity contribution in [3.63, 3.8) is 0 Å². The zero-order chi connectivity index (χ0) is 24.7. The van der Waals surface area contributed by atoms with Crippen LogP contribution in [0.2, 0.25) is 10.0 Å². The van der Waals surface area contributed by atoms with Gasteiger partial charge in [0.25, 0.3) is 0 Å². The average Bonchev–Trinajstić information content (AvgIpc) is 3.35. The molecule has 0 saturated carbocycles. The highest BCUT2D eigenvalue weighted by atomic mass is 35.5. The first-order valence-corrected chi connectivity index (χ1v) is 13.2. The summed E-state index contributed by atoms with van der Waals surface area (Å²) in [6, 6.07) is 12.1. The third kappa shape index (κ3) is 7.16. The summed E-state index contributed by atoms with van der Waals surface area (Å²) in [7, 11) is -1.96. The van der Waals surface area contributed by atoms with E-state index in [2.05, 4.69) is 15.6 Å². The molecule has 1 heterocycles. The smallest absolute Gasteiger partial charge is 0.248 e. The molecule has 2 aromatic carbocycles. The lowest BCUT2D eigenvalue weighted by molar-refractivity contribution is -0.135. The van der Waals surface area contributed by atoms with E-state index in [1.54, 1.807) is 18.9 Å². The van der Waals surface area contributed by atoms with Crippen LogP contribution in [0.15, 0.2) is 52.4 Å². The molecule has 0 spiro atoms. The van der Waals surface area contributed by atoms with E-state index in [4.69, 9.17) is 27.9 Å². The molecule has 0 fully saturated rings. The number of carbonyl (C=O) groups excluding carboxylic acids is 1. The molecular formula is C23H28Cl2N4O4S. The Labute approximate surface area is 210 Å². The summed E-state index contributed by atoms with van der Waals surface area (Å²) < 4.78 is 30.6. The number of hydrogen-bond acceptors (Lipinski definition) is 7. The minimum Gasteiger partial charge on any atom is -0.370 e. The van der Waals surface area contributed by atoms with Crippen molar-refractivity contribution < 1.29 is 17.9 Å². The summed E-state index contributed by atoms with van der Waals surface area (Å²) in [6.45, 7) is 3.93. The second kappa shape index (κ2) is 12.0. The molecule has 0 saturated heterocycles. The van der Waals surface area contributed by atoms with Crippen molar-refractivity contribution in [3.05, 3.63) is 63.6 Å². The van der Waals surface area contributed by atoms with Crippen LogP contribution in [-0.2, 0) is 25.9 Å². The summed E-state index contributed by atoms with van der Waals surface area (Å²) in [6.07, 6.45) is 0. The number of ether oxygens (including phenoxy) is 1. The molecule has 0 bridgehead atoms. The van der Waals surface area contributed by atoms with Crippen LogP contribution >= 0.6 is 23.2 Å². The molecule has 1 aliphatic heterocycles. The molecule has 1 atom stereocenters. The van der Waals surface area contributed by atoms with Crippen molar-refractivity contribution in [1.29, 1.82) is 0 Å². The predicted octanol–water partition coefficient (Wildman–Crippen LogP) is 2.73. The molecule has 0 radical (unpaired) electrons. The number of nitrogens with one attached hydrogen (secondary N) is 2. The van der Waals surface area contributed by atoms with Gasteiger partial charge in [0.15, 0.2) is 9.84 Å². The highest BCUT2D eigenvalue weighted by Gasteiger charge is 2.20. The van der Waals surface area contributed by atoms with Gasteiger partial charge in [0.2, 0.25) is 5.91 Å². The lowest BCUT2D eigenvalue weighted by Gasteiger charge is -2.19. The van der Waals surface area contributed by atoms with Crippen molar-refractivity contribution >= 4 is 44.8 Å². The first-order valence-electron chi connectivity index (χ1n) is 10.8. The van der Waals surface area contributed by atoms with Gasteiger partial charge in [-0.05, 0) is 24.6 Å². The first kappa shape index (κ1) is 26.4. The molecule has 184 valence electrons. The largest absolute Gasteiger partial charge is 0.370 e. The Morgan fingerprint density at radius 1 is 1.24 bits per heavy atom. The minimum atomic E-state index is -3.68. The lowest BCUT2D eigenvalue weighted by Crippen LogP contribution is -2.36. The molecular weight excluding hydrogens is 499 g/mol. The molecule has 11 heteroatoms. The van der Waals surface area contributed by atoms with E-state index in [0.717, 1.165) is 30.1 Å². The normalized spacial score (nSPS) is 14.4. The number of aliphatic imine (C=N–C) groups is 1. The number of hydrogen-bond donors (Lipinski definition) is 2. The number of halogens is 2. The molecule has 8 nitrogen and oxygen atoms in total. The van der Waals surface area contributed by atoms with Gasteiger partial charge in [-0.2, -0.15) is 0 Å². The zero-order valence-electron chi connectivity index (χ0n) is 19.1. The molecule has 3 rings (SSSR count). The van der Waals surface area contributed by atoms with Crippen molar-refractivity contribution in [1.82, 2.24) is 15.5 Å². The number of likely N-dealkylation sites (N-methyl/N-ethyl adjacent to an activating group) is 1. The number of nitrogens with zero attached hydrogens (tertiary/aromatic N) is 2. The summed E-state index contributed by atoms with van der Waals surface area (Å²) in [5, 5.41) is 6.30. The number of amidine groups is 1. The van der Waals surface area contributed by atoms with E-state index in [1.165, 1.54) is 18.2 Å². The number of amides is 1. The predicted molar refractivity (Wildman–Crippen MR) is 134 cm³/mol. The van der Waals surface area contributed by atoms with Crippen LogP contribution in [-0.4, -0.2) is 70.3 Å². The van der Waals surface area contributed by atoms with Crippen LogP contribution in [0.3, 0.4) is 0 Å². The maximum absolute atomic E-state index is 12.5. The monoisotopic (exact) mass is 526 g/mol. The van der Waals surface area contributed by atoms with Gasteiger partial charge in [0.05, 0.1) is 28.1 Å². The van der Waals surface area contributed by atoms with Gasteiger partial charge < -0.3 is 15.0 Å². The highest BCUT2D eigenvalue weighted by molar-refractivity contribution is 7.91. The van der Waals surface area contributed by atoms with Crippen LogP contribution in [0.5, 0.6) is 0 Å². The van der Waals surface area contributed by atoms with Gasteiger partial charge in [-0.3, -0.25) is 15.1 Å². The van der Waals surface area contributed by atoms with Crippen LogP contribution in [0, 0.1) is 0 Å². The Kier molecular flexibility index (Phi) is 9.32. The summed E-state index contributed by atoms with van der Waals surface area (Å²) in [5.74, 6) is 0.399. The topological polar surface area (TPSA) is 100 Å². The van der Waals surface area contributed by atoms with Crippen LogP contribution in [0.4, 0.5) is 0 Å². The standard InChI is InChI=1S/C23H28Cl2N4O4S/c1-16(28-15-34(31,32)20-5-3-4-19(24)22(20)25)13-33-14-21(30)29(2)12-17-6-8-18(9-7-17)23-26-10-11-27-23/h3-9,16,28H,10-15H2,1-2H3,(H,26,27). The molecule has 0 aliphatic carbocycles. The van der Waals surface area contributed by atoms with E-state index in [-0.39, 0.29) is 46.0 Å². The molecule has 34 heavy (non-hydrogen) atoms. The second-order valence-corrected chi connectivity index (χ2v) is 10.8. The van der Waals surface area contributed by atoms with Crippen LogP contribution in [0.25, 0.3) is 0 Å². The quantitative estimate of drug-likeness (QED) is 0.466. The van der Waals surface area contributed by atoms with Gasteiger partial charge in [0.1, 0.15) is 18.3 Å². The highest BCUT2D eigenvalue weighted by Crippen LogP contribution is 2.29. The molecule has 1 amide bonds. The molecule has 2 aromatic rings. The Hall–Kier alpha value is -2.17. The van der Waals surface area contributed by atoms with Gasteiger partial charge >= 0.3 is 0 Å². The SMILES string of the molecule is CC(COCC(=O)N(C)Cc1ccc(C2=NCCN2)cc1)NCS(=O)(=O)c1cccc(Cl)c1Cl. The van der Waals surface area contributed by atoms with Gasteiger partial charge in [-0.15, -0.1) is 0 Å². The van der Waals surface area contributed by atoms with E-state index in [9.17, 15) is 13.2 Å². The maximum atomic E-state index is 12.5. The Morgan fingerprint density at radius 2 is 1.97 bits per heavy atom. The summed E-state index contributed by atoms with van der Waals surface area (Å²) in [4.78, 5) is 18.4. The fraction of sp³-hybridized carbons (Fsp3) is 0.391. The number of sulfone groups is 1.